The van der Waals surface area contributed by atoms with Crippen molar-refractivity contribution in [2.24, 2.45) is 0 Å². The Hall–Kier alpha value is -2.12. The maximum atomic E-state index is 12.3. The molecule has 122 valence electrons. The molecule has 1 aliphatic rings. The third-order valence-electron chi connectivity index (χ3n) is 3.76. The molecule has 1 aliphatic heterocycles. The van der Waals surface area contributed by atoms with Gasteiger partial charge in [-0.1, -0.05) is 0 Å². The smallest absolute Gasteiger partial charge is 0.273 e. The molecule has 0 saturated carbocycles. The second kappa shape index (κ2) is 6.55. The number of hydrogen-bond donors (Lipinski definition) is 1. The van der Waals surface area contributed by atoms with E-state index < -0.39 is 0 Å². The zero-order valence-electron chi connectivity index (χ0n) is 13.0. The molecule has 1 atom stereocenters. The summed E-state index contributed by atoms with van der Waals surface area (Å²) < 4.78 is 11.1. The predicted octanol–water partition coefficient (Wildman–Crippen LogP) is 2.03. The minimum atomic E-state index is -0.248. The third-order valence-corrected chi connectivity index (χ3v) is 4.65. The van der Waals surface area contributed by atoms with Gasteiger partial charge in [-0.2, -0.15) is 0 Å². The lowest BCUT2D eigenvalue weighted by molar-refractivity contribution is 0.0677. The minimum absolute atomic E-state index is 0.0819. The number of benzene rings is 1. The van der Waals surface area contributed by atoms with Crippen molar-refractivity contribution >= 4 is 17.2 Å². The molecule has 23 heavy (non-hydrogen) atoms. The molecule has 0 aliphatic carbocycles. The number of rotatable bonds is 4. The predicted molar refractivity (Wildman–Crippen MR) is 87.2 cm³/mol. The van der Waals surface area contributed by atoms with Crippen LogP contribution >= 0.6 is 11.3 Å². The van der Waals surface area contributed by atoms with E-state index in [1.54, 1.807) is 19.4 Å². The Morgan fingerprint density at radius 1 is 1.39 bits per heavy atom. The molecular weight excluding hydrogens is 316 g/mol. The number of amides is 1. The molecule has 2 heterocycles. The number of hydrogen-bond acceptors (Lipinski definition) is 6. The van der Waals surface area contributed by atoms with Crippen molar-refractivity contribution in [1.29, 1.82) is 0 Å². The molecule has 0 saturated heterocycles. The zero-order chi connectivity index (χ0) is 16.4. The van der Waals surface area contributed by atoms with Gasteiger partial charge >= 0.3 is 0 Å². The molecule has 7 heteroatoms. The maximum Gasteiger partial charge on any atom is 0.273 e. The van der Waals surface area contributed by atoms with Gasteiger partial charge in [-0.15, -0.1) is 11.3 Å². The van der Waals surface area contributed by atoms with Crippen molar-refractivity contribution < 1.29 is 19.4 Å². The van der Waals surface area contributed by atoms with Crippen LogP contribution in [0.5, 0.6) is 11.5 Å². The summed E-state index contributed by atoms with van der Waals surface area (Å²) in [7, 11) is 1.66. The standard InChI is InChI=1S/C16H18N2O4S/c1-10(8-19)18(2)16(20)12-9-23-15(17-12)11-3-4-13-14(7-11)22-6-5-21-13/h3-4,7,9-10,19H,5-6,8H2,1-2H3/t10-/m1/s1. The van der Waals surface area contributed by atoms with Crippen LogP contribution in [0.4, 0.5) is 0 Å². The van der Waals surface area contributed by atoms with Gasteiger partial charge in [-0.05, 0) is 25.1 Å². The molecular formula is C16H18N2O4S. The molecule has 2 aromatic rings. The van der Waals surface area contributed by atoms with Gasteiger partial charge in [0.25, 0.3) is 5.91 Å². The lowest BCUT2D eigenvalue weighted by atomic mass is 10.2. The number of aromatic nitrogens is 1. The molecule has 1 amide bonds. The number of aliphatic hydroxyl groups is 1. The van der Waals surface area contributed by atoms with Crippen molar-refractivity contribution in [3.8, 4) is 22.1 Å². The topological polar surface area (TPSA) is 71.9 Å². The Morgan fingerprint density at radius 3 is 2.87 bits per heavy atom. The summed E-state index contributed by atoms with van der Waals surface area (Å²) in [5.74, 6) is 1.22. The number of carbonyl (C=O) groups excluding carboxylic acids is 1. The van der Waals surface area contributed by atoms with E-state index in [1.165, 1.54) is 16.2 Å². The van der Waals surface area contributed by atoms with Crippen LogP contribution in [0.15, 0.2) is 23.6 Å². The summed E-state index contributed by atoms with van der Waals surface area (Å²) in [4.78, 5) is 18.2. The van der Waals surface area contributed by atoms with E-state index in [-0.39, 0.29) is 18.6 Å². The summed E-state index contributed by atoms with van der Waals surface area (Å²) in [5, 5.41) is 11.6. The molecule has 1 N–H and O–H groups in total. The summed E-state index contributed by atoms with van der Waals surface area (Å²) in [6, 6.07) is 5.39. The van der Waals surface area contributed by atoms with Gasteiger partial charge in [0, 0.05) is 18.0 Å². The number of aliphatic hydroxyl groups excluding tert-OH is 1. The highest BCUT2D eigenvalue weighted by Gasteiger charge is 2.20. The summed E-state index contributed by atoms with van der Waals surface area (Å²) >= 11 is 1.40. The highest BCUT2D eigenvalue weighted by atomic mass is 32.1. The van der Waals surface area contributed by atoms with Crippen LogP contribution in [0.3, 0.4) is 0 Å². The van der Waals surface area contributed by atoms with Gasteiger partial charge in [0.05, 0.1) is 12.6 Å². The molecule has 0 bridgehead atoms. The van der Waals surface area contributed by atoms with E-state index in [1.807, 2.05) is 18.2 Å². The van der Waals surface area contributed by atoms with Crippen LogP contribution < -0.4 is 9.47 Å². The van der Waals surface area contributed by atoms with Crippen molar-refractivity contribution in [2.45, 2.75) is 13.0 Å². The highest BCUT2D eigenvalue weighted by molar-refractivity contribution is 7.13. The van der Waals surface area contributed by atoms with E-state index in [2.05, 4.69) is 4.98 Å². The SMILES string of the molecule is C[C@H](CO)N(C)C(=O)c1csc(-c2ccc3c(c2)OCCO3)n1. The van der Waals surface area contributed by atoms with Gasteiger partial charge < -0.3 is 19.5 Å². The van der Waals surface area contributed by atoms with Crippen molar-refractivity contribution in [3.05, 3.63) is 29.3 Å². The number of nitrogens with zero attached hydrogens (tertiary/aromatic N) is 2. The second-order valence-corrected chi connectivity index (χ2v) is 6.20. The Balaban J connectivity index is 1.83. The quantitative estimate of drug-likeness (QED) is 0.926. The molecule has 1 aromatic carbocycles. The molecule has 0 spiro atoms. The van der Waals surface area contributed by atoms with E-state index in [0.29, 0.717) is 24.7 Å². The average Bonchev–Trinajstić information content (AvgIpc) is 3.09. The Morgan fingerprint density at radius 2 is 2.13 bits per heavy atom. The van der Waals surface area contributed by atoms with E-state index in [9.17, 15) is 4.79 Å². The fraction of sp³-hybridized carbons (Fsp3) is 0.375. The van der Waals surface area contributed by atoms with E-state index >= 15 is 0 Å². The molecule has 0 fully saturated rings. The summed E-state index contributed by atoms with van der Waals surface area (Å²) in [6.45, 7) is 2.78. The number of ether oxygens (including phenoxy) is 2. The molecule has 1 aromatic heterocycles. The van der Waals surface area contributed by atoms with Gasteiger partial charge in [-0.25, -0.2) is 4.98 Å². The molecule has 0 unspecified atom stereocenters. The van der Waals surface area contributed by atoms with Gasteiger partial charge in [0.15, 0.2) is 11.5 Å². The Kier molecular flexibility index (Phi) is 4.49. The lowest BCUT2D eigenvalue weighted by Crippen LogP contribution is -2.37. The monoisotopic (exact) mass is 334 g/mol. The van der Waals surface area contributed by atoms with Crippen molar-refractivity contribution in [2.75, 3.05) is 26.9 Å². The second-order valence-electron chi connectivity index (χ2n) is 5.34. The first-order valence-corrected chi connectivity index (χ1v) is 8.21. The summed E-state index contributed by atoms with van der Waals surface area (Å²) in [6.07, 6.45) is 0. The first-order chi connectivity index (χ1) is 11.1. The van der Waals surface area contributed by atoms with Crippen molar-refractivity contribution in [3.63, 3.8) is 0 Å². The lowest BCUT2D eigenvalue weighted by Gasteiger charge is -2.22. The fourth-order valence-electron chi connectivity index (χ4n) is 2.18. The van der Waals surface area contributed by atoms with Crippen LogP contribution in [0.1, 0.15) is 17.4 Å². The first-order valence-electron chi connectivity index (χ1n) is 7.33. The van der Waals surface area contributed by atoms with Crippen LogP contribution in [0.25, 0.3) is 10.6 Å². The summed E-state index contributed by atoms with van der Waals surface area (Å²) in [5.41, 5.74) is 1.26. The van der Waals surface area contributed by atoms with Gasteiger partial charge in [0.2, 0.25) is 0 Å². The van der Waals surface area contributed by atoms with E-state index in [0.717, 1.165) is 16.3 Å². The maximum absolute atomic E-state index is 12.3. The minimum Gasteiger partial charge on any atom is -0.486 e. The largest absolute Gasteiger partial charge is 0.486 e. The third kappa shape index (κ3) is 3.16. The number of fused-ring (bicyclic) bond motifs is 1. The van der Waals surface area contributed by atoms with E-state index in [4.69, 9.17) is 14.6 Å². The van der Waals surface area contributed by atoms with Gasteiger partial charge in [-0.3, -0.25) is 4.79 Å². The number of likely N-dealkylation sites (N-methyl/N-ethyl adjacent to an activating group) is 1. The molecule has 3 rings (SSSR count). The van der Waals surface area contributed by atoms with Gasteiger partial charge in [0.1, 0.15) is 23.9 Å². The Bertz CT molecular complexity index is 716. The number of carbonyl (C=O) groups is 1. The van der Waals surface area contributed by atoms with Crippen molar-refractivity contribution in [1.82, 2.24) is 9.88 Å². The fourth-order valence-corrected chi connectivity index (χ4v) is 2.98. The number of thiazole rings is 1. The normalized spacial score (nSPS) is 14.4. The Labute approximate surface area is 138 Å². The molecule has 0 radical (unpaired) electrons. The molecule has 6 nitrogen and oxygen atoms in total. The zero-order valence-corrected chi connectivity index (χ0v) is 13.8. The van der Waals surface area contributed by atoms with Crippen LogP contribution in [0.2, 0.25) is 0 Å². The van der Waals surface area contributed by atoms with Crippen LogP contribution in [-0.4, -0.2) is 53.8 Å². The highest BCUT2D eigenvalue weighted by Crippen LogP contribution is 2.35. The average molecular weight is 334 g/mol. The first kappa shape index (κ1) is 15.8. The van der Waals surface area contributed by atoms with Crippen LogP contribution in [0, 0.1) is 0 Å². The van der Waals surface area contributed by atoms with Crippen LogP contribution in [-0.2, 0) is 0 Å².